The molecule has 0 saturated heterocycles. The molecule has 5 heteroatoms. The van der Waals surface area contributed by atoms with Crippen molar-refractivity contribution in [3.8, 4) is 23.0 Å². The highest BCUT2D eigenvalue weighted by Crippen LogP contribution is 2.35. The lowest BCUT2D eigenvalue weighted by atomic mass is 9.78. The summed E-state index contributed by atoms with van der Waals surface area (Å²) in [5, 5.41) is 0. The molecule has 0 radical (unpaired) electrons. The van der Waals surface area contributed by atoms with Crippen molar-refractivity contribution >= 4 is 8.56 Å². The van der Waals surface area contributed by atoms with Crippen molar-refractivity contribution in [3.63, 3.8) is 0 Å². The number of methoxy groups -OCH3 is 2. The summed E-state index contributed by atoms with van der Waals surface area (Å²) in [7, 11) is 0.887. The molecule has 4 aromatic carbocycles. The molecule has 0 heterocycles. The Kier molecular flexibility index (Phi) is 8.12. The van der Waals surface area contributed by atoms with E-state index in [9.17, 15) is 0 Å². The molecule has 4 nitrogen and oxygen atoms in total. The highest BCUT2D eigenvalue weighted by atomic mass is 28.4. The molecule has 0 unspecified atom stereocenters. The monoisotopic (exact) mass is 540 g/mol. The quantitative estimate of drug-likeness (QED) is 0.189. The standard InChI is InChI=1S/C34H40O4Si/c1-33(2,25-9-17-29(35-5)18-10-25)27-13-21-31(22-14-27)37-39(7,8)38-32-23-15-28(16-24-32)34(3,4)26-11-19-30(36-6)20-12-26/h9-24H,1-8H3. The van der Waals surface area contributed by atoms with Crippen LogP contribution < -0.4 is 18.3 Å². The zero-order valence-electron chi connectivity index (χ0n) is 24.4. The first-order chi connectivity index (χ1) is 18.4. The minimum absolute atomic E-state index is 0.143. The topological polar surface area (TPSA) is 36.9 Å². The molecule has 0 amide bonds. The van der Waals surface area contributed by atoms with Gasteiger partial charge in [-0.05, 0) is 70.8 Å². The molecular weight excluding hydrogens is 500 g/mol. The van der Waals surface area contributed by atoms with E-state index in [-0.39, 0.29) is 10.8 Å². The number of ether oxygens (including phenoxy) is 2. The maximum absolute atomic E-state index is 6.39. The Bertz CT molecular complexity index is 1250. The lowest BCUT2D eigenvalue weighted by Crippen LogP contribution is -2.41. The fraction of sp³-hybridized carbons (Fsp3) is 0.294. The molecule has 0 fully saturated rings. The van der Waals surface area contributed by atoms with Gasteiger partial charge in [0.05, 0.1) is 14.2 Å². The van der Waals surface area contributed by atoms with Gasteiger partial charge in [-0.2, -0.15) is 0 Å². The first-order valence-corrected chi connectivity index (χ1v) is 16.1. The van der Waals surface area contributed by atoms with Gasteiger partial charge in [0.2, 0.25) is 0 Å². The zero-order valence-corrected chi connectivity index (χ0v) is 25.4. The van der Waals surface area contributed by atoms with Gasteiger partial charge < -0.3 is 18.3 Å². The number of benzene rings is 4. The maximum atomic E-state index is 6.39. The molecule has 204 valence electrons. The van der Waals surface area contributed by atoms with Crippen LogP contribution >= 0.6 is 0 Å². The van der Waals surface area contributed by atoms with Crippen LogP contribution in [0.15, 0.2) is 97.1 Å². The average Bonchev–Trinajstić information content (AvgIpc) is 2.93. The molecule has 39 heavy (non-hydrogen) atoms. The summed E-state index contributed by atoms with van der Waals surface area (Å²) in [6.45, 7) is 13.0. The average molecular weight is 541 g/mol. The first kappa shape index (κ1) is 28.3. The van der Waals surface area contributed by atoms with Gasteiger partial charge in [0.25, 0.3) is 0 Å². The summed E-state index contributed by atoms with van der Waals surface area (Å²) < 4.78 is 23.4. The third-order valence-corrected chi connectivity index (χ3v) is 8.96. The molecule has 0 saturated carbocycles. The second kappa shape index (κ2) is 11.2. The second-order valence-electron chi connectivity index (χ2n) is 11.4. The molecule has 0 aliphatic rings. The van der Waals surface area contributed by atoms with Crippen molar-refractivity contribution in [1.29, 1.82) is 0 Å². The van der Waals surface area contributed by atoms with Crippen LogP contribution in [0.4, 0.5) is 0 Å². The Morgan fingerprint density at radius 2 is 0.641 bits per heavy atom. The molecule has 0 aliphatic heterocycles. The van der Waals surface area contributed by atoms with E-state index in [0.717, 1.165) is 23.0 Å². The van der Waals surface area contributed by atoms with Crippen LogP contribution in [-0.4, -0.2) is 22.8 Å². The summed E-state index contributed by atoms with van der Waals surface area (Å²) >= 11 is 0. The highest BCUT2D eigenvalue weighted by molar-refractivity contribution is 6.66. The van der Waals surface area contributed by atoms with E-state index in [2.05, 4.69) is 89.3 Å². The van der Waals surface area contributed by atoms with E-state index in [1.54, 1.807) is 14.2 Å². The second-order valence-corrected chi connectivity index (χ2v) is 14.6. The number of rotatable bonds is 10. The molecular formula is C34H40O4Si. The van der Waals surface area contributed by atoms with Crippen LogP contribution in [0.3, 0.4) is 0 Å². The Morgan fingerprint density at radius 3 is 0.872 bits per heavy atom. The predicted octanol–water partition coefficient (Wildman–Crippen LogP) is 8.52. The van der Waals surface area contributed by atoms with Crippen molar-refractivity contribution in [3.05, 3.63) is 119 Å². The van der Waals surface area contributed by atoms with Crippen molar-refractivity contribution < 1.29 is 18.3 Å². The van der Waals surface area contributed by atoms with Crippen LogP contribution in [0.1, 0.15) is 49.9 Å². The van der Waals surface area contributed by atoms with Crippen molar-refractivity contribution in [2.45, 2.75) is 51.6 Å². The summed E-state index contributed by atoms with van der Waals surface area (Å²) in [5.41, 5.74) is 4.61. The van der Waals surface area contributed by atoms with Gasteiger partial charge in [-0.3, -0.25) is 0 Å². The Morgan fingerprint density at radius 1 is 0.410 bits per heavy atom. The lowest BCUT2D eigenvalue weighted by Gasteiger charge is -2.29. The third-order valence-electron chi connectivity index (χ3n) is 7.50. The maximum Gasteiger partial charge on any atom is 0.454 e. The molecule has 0 spiro atoms. The van der Waals surface area contributed by atoms with Gasteiger partial charge >= 0.3 is 8.56 Å². The molecule has 4 rings (SSSR count). The zero-order chi connectivity index (χ0) is 28.3. The summed E-state index contributed by atoms with van der Waals surface area (Å²) in [6.07, 6.45) is 0. The minimum Gasteiger partial charge on any atom is -0.512 e. The fourth-order valence-corrected chi connectivity index (χ4v) is 6.27. The van der Waals surface area contributed by atoms with E-state index >= 15 is 0 Å². The van der Waals surface area contributed by atoms with Gasteiger partial charge in [0.15, 0.2) is 0 Å². The lowest BCUT2D eigenvalue weighted by molar-refractivity contribution is 0.399. The number of hydrogen-bond acceptors (Lipinski definition) is 4. The van der Waals surface area contributed by atoms with Crippen LogP contribution in [0.2, 0.25) is 13.1 Å². The van der Waals surface area contributed by atoms with E-state index in [0.29, 0.717) is 0 Å². The van der Waals surface area contributed by atoms with Crippen molar-refractivity contribution in [2.75, 3.05) is 14.2 Å². The predicted molar refractivity (Wildman–Crippen MR) is 162 cm³/mol. The Labute approximate surface area is 234 Å². The first-order valence-electron chi connectivity index (χ1n) is 13.3. The van der Waals surface area contributed by atoms with Gasteiger partial charge in [-0.25, -0.2) is 0 Å². The molecule has 0 aliphatic carbocycles. The van der Waals surface area contributed by atoms with Crippen molar-refractivity contribution in [1.82, 2.24) is 0 Å². The largest absolute Gasteiger partial charge is 0.512 e. The molecule has 4 aromatic rings. The van der Waals surface area contributed by atoms with Gasteiger partial charge in [-0.1, -0.05) is 76.2 Å². The van der Waals surface area contributed by atoms with E-state index in [4.69, 9.17) is 18.3 Å². The molecule has 0 aromatic heterocycles. The summed E-state index contributed by atoms with van der Waals surface area (Å²) in [4.78, 5) is 0. The third kappa shape index (κ3) is 6.48. The van der Waals surface area contributed by atoms with Gasteiger partial charge in [0.1, 0.15) is 23.0 Å². The molecule has 0 atom stereocenters. The van der Waals surface area contributed by atoms with Gasteiger partial charge in [0, 0.05) is 23.9 Å². The van der Waals surface area contributed by atoms with Crippen LogP contribution in [0, 0.1) is 0 Å². The number of hydrogen-bond donors (Lipinski definition) is 0. The SMILES string of the molecule is COc1ccc(C(C)(C)c2ccc(O[Si](C)(C)Oc3ccc(C(C)(C)c4ccc(OC)cc4)cc3)cc2)cc1. The van der Waals surface area contributed by atoms with E-state index in [1.807, 2.05) is 48.5 Å². The van der Waals surface area contributed by atoms with E-state index in [1.165, 1.54) is 22.3 Å². The van der Waals surface area contributed by atoms with Crippen molar-refractivity contribution in [2.24, 2.45) is 0 Å². The molecule has 0 N–H and O–H groups in total. The fourth-order valence-electron chi connectivity index (χ4n) is 4.82. The minimum atomic E-state index is -2.49. The summed E-state index contributed by atoms with van der Waals surface area (Å²) in [5.74, 6) is 3.36. The smallest absolute Gasteiger partial charge is 0.454 e. The van der Waals surface area contributed by atoms with Crippen LogP contribution in [0.5, 0.6) is 23.0 Å². The van der Waals surface area contributed by atoms with E-state index < -0.39 is 8.56 Å². The normalized spacial score (nSPS) is 12.1. The Hall–Kier alpha value is -3.70. The van der Waals surface area contributed by atoms with Crippen LogP contribution in [-0.2, 0) is 10.8 Å². The van der Waals surface area contributed by atoms with Gasteiger partial charge in [-0.15, -0.1) is 0 Å². The Balaban J connectivity index is 1.42. The summed E-state index contributed by atoms with van der Waals surface area (Å²) in [6, 6.07) is 33.2. The molecule has 0 bridgehead atoms. The van der Waals surface area contributed by atoms with Crippen LogP contribution in [0.25, 0.3) is 0 Å². The highest BCUT2D eigenvalue weighted by Gasteiger charge is 2.30.